The van der Waals surface area contributed by atoms with Gasteiger partial charge < -0.3 is 15.7 Å². The van der Waals surface area contributed by atoms with Gasteiger partial charge in [0.15, 0.2) is 0 Å². The summed E-state index contributed by atoms with van der Waals surface area (Å²) in [6, 6.07) is 17.0. The second-order valence-corrected chi connectivity index (χ2v) is 8.41. The fraction of sp³-hybridized carbons (Fsp3) is 0.320. The van der Waals surface area contributed by atoms with Crippen LogP contribution in [-0.2, 0) is 12.8 Å². The summed E-state index contributed by atoms with van der Waals surface area (Å²) in [4.78, 5) is 4.86. The van der Waals surface area contributed by atoms with Crippen molar-refractivity contribution >= 4 is 11.5 Å². The van der Waals surface area contributed by atoms with Crippen molar-refractivity contribution < 1.29 is 5.11 Å². The number of phenols is 1. The van der Waals surface area contributed by atoms with Gasteiger partial charge in [0.2, 0.25) is 0 Å². The number of aromatic nitrogens is 1. The summed E-state index contributed by atoms with van der Waals surface area (Å²) >= 11 is 0. The number of benzene rings is 2. The molecule has 3 N–H and O–H groups in total. The van der Waals surface area contributed by atoms with Crippen molar-refractivity contribution in [1.29, 1.82) is 0 Å². The van der Waals surface area contributed by atoms with Crippen LogP contribution in [0.1, 0.15) is 48.1 Å². The van der Waals surface area contributed by atoms with E-state index in [1.807, 2.05) is 24.3 Å². The lowest BCUT2D eigenvalue weighted by atomic mass is 9.89. The Bertz CT molecular complexity index is 1080. The Labute approximate surface area is 172 Å². The molecule has 0 saturated heterocycles. The maximum Gasteiger partial charge on any atom is 0.130 e. The first-order valence-electron chi connectivity index (χ1n) is 10.5. The lowest BCUT2D eigenvalue weighted by Crippen LogP contribution is -2.24. The highest BCUT2D eigenvalue weighted by molar-refractivity contribution is 5.69. The number of aryl methyl sites for hydroxylation is 3. The van der Waals surface area contributed by atoms with Gasteiger partial charge in [-0.1, -0.05) is 30.3 Å². The number of nitrogens with one attached hydrogen (secondary N) is 2. The van der Waals surface area contributed by atoms with Crippen LogP contribution >= 0.6 is 0 Å². The Hall–Kier alpha value is -3.01. The van der Waals surface area contributed by atoms with Crippen molar-refractivity contribution in [1.82, 2.24) is 4.98 Å². The molecule has 148 valence electrons. The van der Waals surface area contributed by atoms with E-state index in [0.29, 0.717) is 6.04 Å². The summed E-state index contributed by atoms with van der Waals surface area (Å²) in [7, 11) is 0. The highest BCUT2D eigenvalue weighted by Gasteiger charge is 2.24. The first-order valence-corrected chi connectivity index (χ1v) is 10.5. The largest absolute Gasteiger partial charge is 0.507 e. The molecule has 0 fully saturated rings. The average Bonchev–Trinajstić information content (AvgIpc) is 2.73. The van der Waals surface area contributed by atoms with E-state index in [-0.39, 0.29) is 11.8 Å². The predicted octanol–water partition coefficient (Wildman–Crippen LogP) is 5.61. The topological polar surface area (TPSA) is 57.2 Å². The van der Waals surface area contributed by atoms with Crippen LogP contribution in [0, 0.1) is 6.92 Å². The van der Waals surface area contributed by atoms with Gasteiger partial charge in [0.1, 0.15) is 11.6 Å². The molecule has 2 aliphatic heterocycles. The Balaban J connectivity index is 1.46. The quantitative estimate of drug-likeness (QED) is 0.537. The van der Waals surface area contributed by atoms with Crippen LogP contribution < -0.4 is 10.6 Å². The van der Waals surface area contributed by atoms with Gasteiger partial charge in [-0.3, -0.25) is 0 Å². The molecular weight excluding hydrogens is 358 g/mol. The Morgan fingerprint density at radius 2 is 1.79 bits per heavy atom. The highest BCUT2D eigenvalue weighted by Crippen LogP contribution is 2.37. The Kier molecular flexibility index (Phi) is 4.42. The lowest BCUT2D eigenvalue weighted by molar-refractivity contribution is 0.477. The summed E-state index contributed by atoms with van der Waals surface area (Å²) in [5.41, 5.74) is 8.24. The molecule has 2 atom stereocenters. The minimum Gasteiger partial charge on any atom is -0.507 e. The molecular formula is C25H27N3O. The van der Waals surface area contributed by atoms with Gasteiger partial charge in [-0.25, -0.2) is 4.98 Å². The van der Waals surface area contributed by atoms with Crippen LogP contribution in [0.4, 0.5) is 11.5 Å². The zero-order chi connectivity index (χ0) is 20.0. The second-order valence-electron chi connectivity index (χ2n) is 8.41. The number of phenolic OH excluding ortho intramolecular Hbond substituents is 1. The van der Waals surface area contributed by atoms with Gasteiger partial charge in [-0.15, -0.1) is 0 Å². The van der Waals surface area contributed by atoms with E-state index in [2.05, 4.69) is 42.7 Å². The average molecular weight is 386 g/mol. The van der Waals surface area contributed by atoms with E-state index in [9.17, 15) is 5.11 Å². The van der Waals surface area contributed by atoms with Gasteiger partial charge in [0.25, 0.3) is 0 Å². The fourth-order valence-electron chi connectivity index (χ4n) is 4.63. The van der Waals surface area contributed by atoms with E-state index in [1.54, 1.807) is 6.07 Å². The van der Waals surface area contributed by atoms with Crippen molar-refractivity contribution in [2.45, 2.75) is 51.6 Å². The zero-order valence-electron chi connectivity index (χ0n) is 17.0. The minimum absolute atomic E-state index is 0.262. The number of anilines is 2. The van der Waals surface area contributed by atoms with E-state index >= 15 is 0 Å². The summed E-state index contributed by atoms with van der Waals surface area (Å²) in [5.74, 6) is 1.20. The monoisotopic (exact) mass is 385 g/mol. The first-order chi connectivity index (χ1) is 14.1. The highest BCUT2D eigenvalue weighted by atomic mass is 16.3. The summed E-state index contributed by atoms with van der Waals surface area (Å²) in [6.45, 7) is 4.46. The molecule has 1 unspecified atom stereocenters. The zero-order valence-corrected chi connectivity index (χ0v) is 17.0. The third-order valence-corrected chi connectivity index (χ3v) is 6.25. The molecule has 0 aliphatic carbocycles. The molecule has 4 heteroatoms. The van der Waals surface area contributed by atoms with E-state index in [1.165, 1.54) is 34.4 Å². The molecule has 29 heavy (non-hydrogen) atoms. The third-order valence-electron chi connectivity index (χ3n) is 6.25. The van der Waals surface area contributed by atoms with E-state index in [4.69, 9.17) is 4.98 Å². The molecule has 1 aromatic heterocycles. The predicted molar refractivity (Wildman–Crippen MR) is 119 cm³/mol. The number of fused-ring (bicyclic) bond motifs is 2. The molecule has 5 rings (SSSR count). The van der Waals surface area contributed by atoms with Gasteiger partial charge >= 0.3 is 0 Å². The van der Waals surface area contributed by atoms with Gasteiger partial charge in [0, 0.05) is 17.3 Å². The van der Waals surface area contributed by atoms with Gasteiger partial charge in [0.05, 0.1) is 11.7 Å². The van der Waals surface area contributed by atoms with Gasteiger partial charge in [-0.2, -0.15) is 0 Å². The van der Waals surface area contributed by atoms with Crippen molar-refractivity contribution in [3.8, 4) is 17.0 Å². The van der Waals surface area contributed by atoms with Crippen LogP contribution in [0.3, 0.4) is 0 Å². The number of para-hydroxylation sites is 1. The van der Waals surface area contributed by atoms with Crippen LogP contribution in [0.25, 0.3) is 11.3 Å². The maximum atomic E-state index is 10.2. The maximum absolute atomic E-state index is 10.2. The SMILES string of the molecule is Cc1cc([C@H]2CCc3ccc(-c4ccccc4O)nc3N2)cc2c1NC(C)CC2. The van der Waals surface area contributed by atoms with Crippen LogP contribution in [0.5, 0.6) is 5.75 Å². The summed E-state index contributed by atoms with van der Waals surface area (Å²) < 4.78 is 0. The Morgan fingerprint density at radius 1 is 0.966 bits per heavy atom. The Morgan fingerprint density at radius 3 is 2.66 bits per heavy atom. The second kappa shape index (κ2) is 7.11. The van der Waals surface area contributed by atoms with Crippen molar-refractivity contribution in [3.05, 3.63) is 70.8 Å². The number of nitrogens with zero attached hydrogens (tertiary/aromatic N) is 1. The molecule has 4 nitrogen and oxygen atoms in total. The van der Waals surface area contributed by atoms with Crippen molar-refractivity contribution in [2.24, 2.45) is 0 Å². The molecule has 0 amide bonds. The molecule has 0 saturated carbocycles. The molecule has 2 aliphatic rings. The lowest BCUT2D eigenvalue weighted by Gasteiger charge is -2.30. The molecule has 3 aromatic rings. The summed E-state index contributed by atoms with van der Waals surface area (Å²) in [6.07, 6.45) is 4.39. The normalized spacial score (nSPS) is 20.2. The van der Waals surface area contributed by atoms with Crippen LogP contribution in [-0.4, -0.2) is 16.1 Å². The smallest absolute Gasteiger partial charge is 0.130 e. The van der Waals surface area contributed by atoms with E-state index < -0.39 is 0 Å². The number of aromatic hydroxyl groups is 1. The fourth-order valence-corrected chi connectivity index (χ4v) is 4.63. The minimum atomic E-state index is 0.262. The standard InChI is InChI=1S/C25H27N3O/c1-15-13-19(14-18-8-7-16(2)26-24(15)18)21-11-9-17-10-12-22(28-25(17)27-21)20-5-3-4-6-23(20)29/h3-6,10,12-14,16,21,26,29H,7-9,11H2,1-2H3,(H,27,28)/t16?,21-/m1/s1. The van der Waals surface area contributed by atoms with Crippen LogP contribution in [0.2, 0.25) is 0 Å². The first kappa shape index (κ1) is 18.0. The van der Waals surface area contributed by atoms with Crippen molar-refractivity contribution in [2.75, 3.05) is 10.6 Å². The summed E-state index contributed by atoms with van der Waals surface area (Å²) in [5, 5.41) is 17.5. The third kappa shape index (κ3) is 3.33. The molecule has 0 bridgehead atoms. The molecule has 0 spiro atoms. The number of hydrogen-bond acceptors (Lipinski definition) is 4. The number of hydrogen-bond donors (Lipinski definition) is 3. The van der Waals surface area contributed by atoms with Crippen molar-refractivity contribution in [3.63, 3.8) is 0 Å². The number of pyridine rings is 1. The van der Waals surface area contributed by atoms with Gasteiger partial charge in [-0.05, 0) is 80.0 Å². The molecule has 2 aromatic carbocycles. The van der Waals surface area contributed by atoms with Crippen LogP contribution in [0.15, 0.2) is 48.5 Å². The molecule has 0 radical (unpaired) electrons. The molecule has 3 heterocycles. The number of rotatable bonds is 2. The van der Waals surface area contributed by atoms with E-state index in [0.717, 1.165) is 36.3 Å².